The van der Waals surface area contributed by atoms with E-state index in [1.807, 2.05) is 18.2 Å². The van der Waals surface area contributed by atoms with E-state index in [0.29, 0.717) is 0 Å². The fraction of sp³-hybridized carbons (Fsp3) is 0.143. The highest BCUT2D eigenvalue weighted by Crippen LogP contribution is 2.04. The fourth-order valence-electron chi connectivity index (χ4n) is 1.07. The smallest absolute Gasteiger partial charge is 0.0130 e. The summed E-state index contributed by atoms with van der Waals surface area (Å²) in [5.74, 6) is 0. The first-order valence-corrected chi connectivity index (χ1v) is 6.00. The van der Waals surface area contributed by atoms with E-state index < -0.39 is 0 Å². The number of hydrogen-bond donors (Lipinski definition) is 0. The monoisotopic (exact) mass is 310 g/mol. The SMILES string of the molecule is Cc1ccc(I)cc1.Cc1ccccc1. The van der Waals surface area contributed by atoms with Crippen molar-refractivity contribution in [3.63, 3.8) is 0 Å². The van der Waals surface area contributed by atoms with Crippen molar-refractivity contribution in [1.29, 1.82) is 0 Å². The van der Waals surface area contributed by atoms with Crippen LogP contribution in [0.1, 0.15) is 11.1 Å². The molecule has 0 radical (unpaired) electrons. The van der Waals surface area contributed by atoms with Crippen LogP contribution in [0.5, 0.6) is 0 Å². The van der Waals surface area contributed by atoms with Crippen LogP contribution < -0.4 is 0 Å². The molecule has 0 unspecified atom stereocenters. The molecule has 0 N–H and O–H groups in total. The summed E-state index contributed by atoms with van der Waals surface area (Å²) in [7, 11) is 0. The zero-order valence-corrected chi connectivity index (χ0v) is 11.2. The lowest BCUT2D eigenvalue weighted by Crippen LogP contribution is -1.69. The highest BCUT2D eigenvalue weighted by molar-refractivity contribution is 14.1. The lowest BCUT2D eigenvalue weighted by atomic mass is 10.2. The molecule has 0 saturated carbocycles. The van der Waals surface area contributed by atoms with Crippen LogP contribution in [0.3, 0.4) is 0 Å². The minimum Gasteiger partial charge on any atom is -0.0622 e. The van der Waals surface area contributed by atoms with Gasteiger partial charge in [-0.1, -0.05) is 53.6 Å². The molecular weight excluding hydrogens is 295 g/mol. The molecule has 0 amide bonds. The zero-order valence-electron chi connectivity index (χ0n) is 9.07. The summed E-state index contributed by atoms with van der Waals surface area (Å²) >= 11 is 2.30. The van der Waals surface area contributed by atoms with Gasteiger partial charge < -0.3 is 0 Å². The third-order valence-electron chi connectivity index (χ3n) is 1.95. The van der Waals surface area contributed by atoms with Gasteiger partial charge >= 0.3 is 0 Å². The number of benzene rings is 2. The average Bonchev–Trinajstić information content (AvgIpc) is 2.25. The van der Waals surface area contributed by atoms with Crippen molar-refractivity contribution in [3.05, 3.63) is 69.3 Å². The van der Waals surface area contributed by atoms with Crippen molar-refractivity contribution in [2.45, 2.75) is 13.8 Å². The maximum Gasteiger partial charge on any atom is 0.0130 e. The zero-order chi connectivity index (χ0) is 11.1. The quantitative estimate of drug-likeness (QED) is 0.624. The van der Waals surface area contributed by atoms with E-state index >= 15 is 0 Å². The van der Waals surface area contributed by atoms with Crippen LogP contribution in [0, 0.1) is 17.4 Å². The third kappa shape index (κ3) is 5.57. The highest BCUT2D eigenvalue weighted by atomic mass is 127. The van der Waals surface area contributed by atoms with E-state index in [9.17, 15) is 0 Å². The first kappa shape index (κ1) is 12.2. The Balaban J connectivity index is 0.000000151. The van der Waals surface area contributed by atoms with Gasteiger partial charge in [-0.15, -0.1) is 0 Å². The lowest BCUT2D eigenvalue weighted by molar-refractivity contribution is 1.46. The van der Waals surface area contributed by atoms with E-state index in [0.717, 1.165) is 0 Å². The van der Waals surface area contributed by atoms with Crippen LogP contribution in [0.25, 0.3) is 0 Å². The summed E-state index contributed by atoms with van der Waals surface area (Å²) < 4.78 is 1.30. The number of hydrogen-bond acceptors (Lipinski definition) is 0. The summed E-state index contributed by atoms with van der Waals surface area (Å²) in [5, 5.41) is 0. The van der Waals surface area contributed by atoms with Crippen LogP contribution in [0.15, 0.2) is 54.6 Å². The van der Waals surface area contributed by atoms with Gasteiger partial charge in [0.1, 0.15) is 0 Å². The molecule has 0 aromatic heterocycles. The highest BCUT2D eigenvalue weighted by Gasteiger charge is 1.81. The van der Waals surface area contributed by atoms with Gasteiger partial charge in [-0.3, -0.25) is 0 Å². The standard InChI is InChI=1S/C7H7I.C7H8/c1-6-2-4-7(8)5-3-6;1-7-5-3-2-4-6-7/h2-5H,1H3;2-6H,1H3. The second-order valence-electron chi connectivity index (χ2n) is 3.45. The molecule has 0 heterocycles. The van der Waals surface area contributed by atoms with E-state index in [4.69, 9.17) is 0 Å². The van der Waals surface area contributed by atoms with Gasteiger partial charge in [-0.2, -0.15) is 0 Å². The topological polar surface area (TPSA) is 0 Å². The fourth-order valence-corrected chi connectivity index (χ4v) is 1.43. The van der Waals surface area contributed by atoms with Crippen LogP contribution in [-0.2, 0) is 0 Å². The predicted molar refractivity (Wildman–Crippen MR) is 75.1 cm³/mol. The van der Waals surface area contributed by atoms with Crippen molar-refractivity contribution >= 4 is 22.6 Å². The van der Waals surface area contributed by atoms with Crippen molar-refractivity contribution < 1.29 is 0 Å². The molecule has 2 aromatic rings. The Morgan fingerprint density at radius 1 is 0.667 bits per heavy atom. The molecule has 2 aromatic carbocycles. The Morgan fingerprint density at radius 3 is 1.47 bits per heavy atom. The van der Waals surface area contributed by atoms with Crippen LogP contribution in [0.4, 0.5) is 0 Å². The third-order valence-corrected chi connectivity index (χ3v) is 2.67. The van der Waals surface area contributed by atoms with Gasteiger partial charge in [0.05, 0.1) is 0 Å². The summed E-state index contributed by atoms with van der Waals surface area (Å²) in [5.41, 5.74) is 2.65. The molecule has 0 saturated heterocycles. The summed E-state index contributed by atoms with van der Waals surface area (Å²) in [6.45, 7) is 4.18. The molecular formula is C14H15I. The van der Waals surface area contributed by atoms with Crippen LogP contribution in [-0.4, -0.2) is 0 Å². The maximum atomic E-state index is 2.30. The lowest BCUT2D eigenvalue weighted by Gasteiger charge is -1.88. The second kappa shape index (κ2) is 6.62. The molecule has 15 heavy (non-hydrogen) atoms. The molecule has 78 valence electrons. The van der Waals surface area contributed by atoms with Crippen molar-refractivity contribution in [2.75, 3.05) is 0 Å². The van der Waals surface area contributed by atoms with Gasteiger partial charge in [-0.25, -0.2) is 0 Å². The average molecular weight is 310 g/mol. The van der Waals surface area contributed by atoms with Crippen molar-refractivity contribution in [2.24, 2.45) is 0 Å². The largest absolute Gasteiger partial charge is 0.0622 e. The van der Waals surface area contributed by atoms with Crippen LogP contribution >= 0.6 is 22.6 Å². The van der Waals surface area contributed by atoms with E-state index in [1.54, 1.807) is 0 Å². The van der Waals surface area contributed by atoms with Gasteiger partial charge in [0.2, 0.25) is 0 Å². The van der Waals surface area contributed by atoms with Crippen molar-refractivity contribution in [1.82, 2.24) is 0 Å². The molecule has 0 fully saturated rings. The number of aryl methyl sites for hydroxylation is 2. The molecule has 0 nitrogen and oxygen atoms in total. The van der Waals surface area contributed by atoms with E-state index in [-0.39, 0.29) is 0 Å². The van der Waals surface area contributed by atoms with Gasteiger partial charge in [0, 0.05) is 3.57 Å². The first-order chi connectivity index (χ1) is 7.18. The van der Waals surface area contributed by atoms with Crippen LogP contribution in [0.2, 0.25) is 0 Å². The number of halogens is 1. The predicted octanol–water partition coefficient (Wildman–Crippen LogP) is 4.59. The Kier molecular flexibility index (Phi) is 5.40. The molecule has 0 spiro atoms. The van der Waals surface area contributed by atoms with Gasteiger partial charge in [0.25, 0.3) is 0 Å². The van der Waals surface area contributed by atoms with E-state index in [2.05, 4.69) is 72.8 Å². The van der Waals surface area contributed by atoms with Crippen molar-refractivity contribution in [3.8, 4) is 0 Å². The summed E-state index contributed by atoms with van der Waals surface area (Å²) in [6, 6.07) is 18.7. The molecule has 0 aliphatic carbocycles. The Labute approximate surface area is 105 Å². The Bertz CT molecular complexity index is 355. The summed E-state index contributed by atoms with van der Waals surface area (Å²) in [6.07, 6.45) is 0. The Morgan fingerprint density at radius 2 is 1.13 bits per heavy atom. The minimum atomic E-state index is 1.30. The first-order valence-electron chi connectivity index (χ1n) is 4.92. The molecule has 0 aliphatic rings. The van der Waals surface area contributed by atoms with Gasteiger partial charge in [-0.05, 0) is 48.6 Å². The van der Waals surface area contributed by atoms with Gasteiger partial charge in [0.15, 0.2) is 0 Å². The molecule has 0 aliphatic heterocycles. The second-order valence-corrected chi connectivity index (χ2v) is 4.70. The molecule has 0 atom stereocenters. The Hall–Kier alpha value is -0.830. The minimum absolute atomic E-state index is 1.30. The van der Waals surface area contributed by atoms with E-state index in [1.165, 1.54) is 14.7 Å². The number of rotatable bonds is 0. The normalized spacial score (nSPS) is 9.00. The summed E-state index contributed by atoms with van der Waals surface area (Å²) in [4.78, 5) is 0. The molecule has 0 bridgehead atoms. The molecule has 1 heteroatoms. The maximum absolute atomic E-state index is 2.30. The molecule has 2 rings (SSSR count).